The van der Waals surface area contributed by atoms with Gasteiger partial charge in [-0.05, 0) is 32.0 Å². The van der Waals surface area contributed by atoms with Crippen LogP contribution in [0, 0.1) is 6.92 Å². The fourth-order valence-electron chi connectivity index (χ4n) is 2.81. The molecule has 1 aliphatic heterocycles. The van der Waals surface area contributed by atoms with Gasteiger partial charge in [0.15, 0.2) is 0 Å². The van der Waals surface area contributed by atoms with Gasteiger partial charge in [0.1, 0.15) is 5.76 Å². The summed E-state index contributed by atoms with van der Waals surface area (Å²) in [7, 11) is -3.41. The lowest BCUT2D eigenvalue weighted by Crippen LogP contribution is -2.35. The molecule has 0 aliphatic carbocycles. The summed E-state index contributed by atoms with van der Waals surface area (Å²) in [5.41, 5.74) is 0.891. The number of rotatable bonds is 4. The minimum absolute atomic E-state index is 0.362. The van der Waals surface area contributed by atoms with E-state index in [1.54, 1.807) is 28.6 Å². The first-order valence-electron chi connectivity index (χ1n) is 7.75. The predicted octanol–water partition coefficient (Wildman–Crippen LogP) is 1.88. The third-order valence-corrected chi connectivity index (χ3v) is 5.90. The highest BCUT2D eigenvalue weighted by Gasteiger charge is 2.26. The van der Waals surface area contributed by atoms with Crippen LogP contribution >= 0.6 is 0 Å². The molecule has 0 saturated carbocycles. The first-order chi connectivity index (χ1) is 11.1. The summed E-state index contributed by atoms with van der Waals surface area (Å²) in [6.45, 7) is 5.15. The third-order valence-electron chi connectivity index (χ3n) is 3.99. The largest absolute Gasteiger partial charge is 0.361 e. The molecule has 0 spiro atoms. The van der Waals surface area contributed by atoms with Crippen molar-refractivity contribution in [2.75, 3.05) is 26.2 Å². The molecule has 0 unspecified atom stereocenters. The standard InChI is InChI=1S/C16H21N3O3S/c1-14-12-15(17-22-14)13-18-8-5-9-19(11-10-18)23(20,21)16-6-3-2-4-7-16/h2-4,6-7,12H,5,8-11,13H2,1H3. The maximum absolute atomic E-state index is 12.7. The van der Waals surface area contributed by atoms with Crippen LogP contribution in [0.1, 0.15) is 17.9 Å². The minimum atomic E-state index is -3.41. The van der Waals surface area contributed by atoms with Crippen LogP contribution in [0.15, 0.2) is 45.8 Å². The molecule has 0 atom stereocenters. The van der Waals surface area contributed by atoms with E-state index in [2.05, 4.69) is 10.1 Å². The number of hydrogen-bond acceptors (Lipinski definition) is 5. The molecule has 1 aliphatic rings. The van der Waals surface area contributed by atoms with Crippen LogP contribution in [0.2, 0.25) is 0 Å². The maximum Gasteiger partial charge on any atom is 0.243 e. The molecule has 1 aromatic carbocycles. The van der Waals surface area contributed by atoms with Crippen LogP contribution in [0.4, 0.5) is 0 Å². The molecule has 1 aromatic heterocycles. The van der Waals surface area contributed by atoms with Crippen LogP contribution in [0.3, 0.4) is 0 Å². The Hall–Kier alpha value is -1.70. The molecule has 0 N–H and O–H groups in total. The van der Waals surface area contributed by atoms with Gasteiger partial charge >= 0.3 is 0 Å². The van der Waals surface area contributed by atoms with Crippen LogP contribution in [-0.2, 0) is 16.6 Å². The molecule has 2 heterocycles. The Kier molecular flexibility index (Phi) is 4.79. The molecule has 23 heavy (non-hydrogen) atoms. The Bertz CT molecular complexity index is 743. The summed E-state index contributed by atoms with van der Waals surface area (Å²) in [6, 6.07) is 10.5. The number of benzene rings is 1. The lowest BCUT2D eigenvalue weighted by molar-refractivity contribution is 0.268. The molecular formula is C16H21N3O3S. The fourth-order valence-corrected chi connectivity index (χ4v) is 4.30. The van der Waals surface area contributed by atoms with Crippen LogP contribution in [-0.4, -0.2) is 49.0 Å². The lowest BCUT2D eigenvalue weighted by atomic mass is 10.3. The van der Waals surface area contributed by atoms with Gasteiger partial charge < -0.3 is 4.52 Å². The molecule has 1 saturated heterocycles. The zero-order valence-corrected chi connectivity index (χ0v) is 14.0. The molecule has 124 valence electrons. The van der Waals surface area contributed by atoms with E-state index in [0.717, 1.165) is 24.4 Å². The summed E-state index contributed by atoms with van der Waals surface area (Å²) in [4.78, 5) is 2.58. The Morgan fingerprint density at radius 3 is 2.61 bits per heavy atom. The van der Waals surface area contributed by atoms with Crippen LogP contribution in [0.25, 0.3) is 0 Å². The number of sulfonamides is 1. The van der Waals surface area contributed by atoms with E-state index in [1.165, 1.54) is 0 Å². The second-order valence-electron chi connectivity index (χ2n) is 5.78. The monoisotopic (exact) mass is 335 g/mol. The van der Waals surface area contributed by atoms with E-state index >= 15 is 0 Å². The first kappa shape index (κ1) is 16.2. The molecule has 1 fully saturated rings. The zero-order chi connectivity index (χ0) is 16.3. The normalized spacial score (nSPS) is 18.0. The second-order valence-corrected chi connectivity index (χ2v) is 7.71. The van der Waals surface area contributed by atoms with Gasteiger partial charge in [0.25, 0.3) is 0 Å². The summed E-state index contributed by atoms with van der Waals surface area (Å²) in [5, 5.41) is 4.01. The average molecular weight is 335 g/mol. The number of hydrogen-bond donors (Lipinski definition) is 0. The second kappa shape index (κ2) is 6.82. The summed E-state index contributed by atoms with van der Waals surface area (Å²) >= 11 is 0. The average Bonchev–Trinajstić information content (AvgIpc) is 2.81. The van der Waals surface area contributed by atoms with Gasteiger partial charge in [-0.2, -0.15) is 4.31 Å². The predicted molar refractivity (Wildman–Crippen MR) is 86.3 cm³/mol. The van der Waals surface area contributed by atoms with Crippen molar-refractivity contribution in [1.82, 2.24) is 14.4 Å². The fraction of sp³-hybridized carbons (Fsp3) is 0.438. The summed E-state index contributed by atoms with van der Waals surface area (Å²) in [6.07, 6.45) is 0.808. The Morgan fingerprint density at radius 2 is 1.91 bits per heavy atom. The molecular weight excluding hydrogens is 314 g/mol. The zero-order valence-electron chi connectivity index (χ0n) is 13.2. The maximum atomic E-state index is 12.7. The highest BCUT2D eigenvalue weighted by Crippen LogP contribution is 2.18. The first-order valence-corrected chi connectivity index (χ1v) is 9.19. The summed E-state index contributed by atoms with van der Waals surface area (Å²) in [5.74, 6) is 0.795. The number of aryl methyl sites for hydroxylation is 1. The van der Waals surface area contributed by atoms with E-state index in [1.807, 2.05) is 19.1 Å². The van der Waals surface area contributed by atoms with Crippen molar-refractivity contribution in [1.29, 1.82) is 0 Å². The molecule has 0 amide bonds. The van der Waals surface area contributed by atoms with Crippen molar-refractivity contribution in [3.05, 3.63) is 47.9 Å². The highest BCUT2D eigenvalue weighted by molar-refractivity contribution is 7.89. The van der Waals surface area contributed by atoms with E-state index in [4.69, 9.17) is 4.52 Å². The Morgan fingerprint density at radius 1 is 1.13 bits per heavy atom. The Balaban J connectivity index is 1.66. The quantitative estimate of drug-likeness (QED) is 0.853. The van der Waals surface area contributed by atoms with E-state index in [9.17, 15) is 8.42 Å². The SMILES string of the molecule is Cc1cc(CN2CCCN(S(=O)(=O)c3ccccc3)CC2)no1. The van der Waals surface area contributed by atoms with E-state index in [-0.39, 0.29) is 0 Å². The van der Waals surface area contributed by atoms with Gasteiger partial charge in [-0.3, -0.25) is 4.90 Å². The third kappa shape index (κ3) is 3.80. The summed E-state index contributed by atoms with van der Waals surface area (Å²) < 4.78 is 32.0. The topological polar surface area (TPSA) is 66.7 Å². The van der Waals surface area contributed by atoms with Crippen molar-refractivity contribution >= 4 is 10.0 Å². The molecule has 6 nitrogen and oxygen atoms in total. The van der Waals surface area contributed by atoms with E-state index in [0.29, 0.717) is 31.1 Å². The van der Waals surface area contributed by atoms with Gasteiger partial charge in [-0.1, -0.05) is 23.4 Å². The van der Waals surface area contributed by atoms with Gasteiger partial charge in [-0.25, -0.2) is 8.42 Å². The van der Waals surface area contributed by atoms with Gasteiger partial charge in [0.05, 0.1) is 10.6 Å². The molecule has 7 heteroatoms. The minimum Gasteiger partial charge on any atom is -0.361 e. The van der Waals surface area contributed by atoms with Crippen LogP contribution < -0.4 is 0 Å². The van der Waals surface area contributed by atoms with Gasteiger partial charge in [-0.15, -0.1) is 0 Å². The molecule has 3 rings (SSSR count). The van der Waals surface area contributed by atoms with Gasteiger partial charge in [0.2, 0.25) is 10.0 Å². The van der Waals surface area contributed by atoms with Gasteiger partial charge in [0, 0.05) is 32.2 Å². The van der Waals surface area contributed by atoms with E-state index < -0.39 is 10.0 Å². The Labute approximate surface area is 136 Å². The molecule has 0 radical (unpaired) electrons. The van der Waals surface area contributed by atoms with Crippen LogP contribution in [0.5, 0.6) is 0 Å². The molecule has 0 bridgehead atoms. The van der Waals surface area contributed by atoms with Crippen molar-refractivity contribution in [3.8, 4) is 0 Å². The lowest BCUT2D eigenvalue weighted by Gasteiger charge is -2.21. The van der Waals surface area contributed by atoms with Crippen molar-refractivity contribution in [2.45, 2.75) is 24.8 Å². The smallest absolute Gasteiger partial charge is 0.243 e. The van der Waals surface area contributed by atoms with Crippen molar-refractivity contribution in [2.24, 2.45) is 0 Å². The number of aromatic nitrogens is 1. The highest BCUT2D eigenvalue weighted by atomic mass is 32.2. The van der Waals surface area contributed by atoms with Crippen molar-refractivity contribution < 1.29 is 12.9 Å². The number of nitrogens with zero attached hydrogens (tertiary/aromatic N) is 3. The van der Waals surface area contributed by atoms with Crippen molar-refractivity contribution in [3.63, 3.8) is 0 Å². The molecule has 2 aromatic rings.